The minimum Gasteiger partial charge on any atom is -0.401 e. The lowest BCUT2D eigenvalue weighted by Crippen LogP contribution is -2.34. The molecule has 6 heteroatoms. The van der Waals surface area contributed by atoms with Crippen molar-refractivity contribution < 1.29 is 10.2 Å². The van der Waals surface area contributed by atoms with Gasteiger partial charge in [0, 0.05) is 23.5 Å². The van der Waals surface area contributed by atoms with E-state index in [2.05, 4.69) is 4.90 Å². The molecule has 2 aromatic carbocycles. The lowest BCUT2D eigenvalue weighted by molar-refractivity contribution is 0.0956. The average Bonchev–Trinajstić information content (AvgIpc) is 2.77. The Balaban J connectivity index is 2.12. The second-order valence-electron chi connectivity index (χ2n) is 6.19. The lowest BCUT2D eigenvalue weighted by Gasteiger charge is -2.25. The van der Waals surface area contributed by atoms with Gasteiger partial charge in [0.2, 0.25) is 0 Å². The van der Waals surface area contributed by atoms with E-state index >= 15 is 0 Å². The van der Waals surface area contributed by atoms with E-state index in [9.17, 15) is 10.2 Å². The number of hydrogen-bond donors (Lipinski definition) is 4. The van der Waals surface area contributed by atoms with Gasteiger partial charge in [-0.3, -0.25) is 0 Å². The minimum atomic E-state index is -0.894. The zero-order chi connectivity index (χ0) is 18.0. The van der Waals surface area contributed by atoms with Crippen LogP contribution < -0.4 is 16.5 Å². The fourth-order valence-corrected chi connectivity index (χ4v) is 3.22. The van der Waals surface area contributed by atoms with Gasteiger partial charge >= 0.3 is 0 Å². The minimum absolute atomic E-state index is 0.310. The summed E-state index contributed by atoms with van der Waals surface area (Å²) in [5.41, 5.74) is 11.2. The summed E-state index contributed by atoms with van der Waals surface area (Å²) in [4.78, 5) is 2.15. The number of allylic oxidation sites excluding steroid dienone is 1. The molecule has 0 saturated heterocycles. The Bertz CT molecular complexity index is 786. The SMILES string of the molecule is C/C(N)=C1\c2ccccc2N(c2cccc(C(O)CO)c2)CCN1N. The molecule has 3 rings (SSSR count). The Morgan fingerprint density at radius 1 is 1.16 bits per heavy atom. The van der Waals surface area contributed by atoms with Gasteiger partial charge in [-0.05, 0) is 30.7 Å². The van der Waals surface area contributed by atoms with Crippen LogP contribution in [0.15, 0.2) is 54.2 Å². The molecule has 6 nitrogen and oxygen atoms in total. The summed E-state index contributed by atoms with van der Waals surface area (Å²) < 4.78 is 0. The standard InChI is InChI=1S/C19H24N4O2/c1-13(20)19-16-7-2-3-8-17(16)22(9-10-23(19)21)15-6-4-5-14(11-15)18(25)12-24/h2-8,11,18,24-25H,9-10,12,20-21H2,1H3/b19-13-. The summed E-state index contributed by atoms with van der Waals surface area (Å²) in [6.07, 6.45) is -0.894. The molecule has 0 radical (unpaired) electrons. The van der Waals surface area contributed by atoms with Gasteiger partial charge in [-0.1, -0.05) is 30.3 Å². The summed E-state index contributed by atoms with van der Waals surface area (Å²) in [6, 6.07) is 15.5. The van der Waals surface area contributed by atoms with Crippen molar-refractivity contribution in [1.29, 1.82) is 0 Å². The van der Waals surface area contributed by atoms with Gasteiger partial charge in [0.15, 0.2) is 0 Å². The second kappa shape index (κ2) is 7.14. The van der Waals surface area contributed by atoms with Crippen LogP contribution in [0.25, 0.3) is 5.70 Å². The number of hydrazine groups is 1. The summed E-state index contributed by atoms with van der Waals surface area (Å²) in [7, 11) is 0. The van der Waals surface area contributed by atoms with E-state index in [1.54, 1.807) is 11.1 Å². The number of anilines is 2. The van der Waals surface area contributed by atoms with Crippen molar-refractivity contribution in [3.8, 4) is 0 Å². The van der Waals surface area contributed by atoms with E-state index in [0.717, 1.165) is 22.6 Å². The third kappa shape index (κ3) is 3.32. The summed E-state index contributed by atoms with van der Waals surface area (Å²) >= 11 is 0. The fourth-order valence-electron chi connectivity index (χ4n) is 3.22. The van der Waals surface area contributed by atoms with Crippen molar-refractivity contribution in [1.82, 2.24) is 5.01 Å². The molecule has 25 heavy (non-hydrogen) atoms. The van der Waals surface area contributed by atoms with E-state index in [1.807, 2.05) is 49.4 Å². The first-order valence-corrected chi connectivity index (χ1v) is 8.27. The summed E-state index contributed by atoms with van der Waals surface area (Å²) in [5.74, 6) is 6.23. The third-order valence-electron chi connectivity index (χ3n) is 4.41. The number of hydrogen-bond acceptors (Lipinski definition) is 6. The monoisotopic (exact) mass is 340 g/mol. The molecule has 1 aliphatic rings. The number of aliphatic hydroxyl groups excluding tert-OH is 2. The zero-order valence-corrected chi connectivity index (χ0v) is 14.3. The fraction of sp³-hybridized carbons (Fsp3) is 0.263. The van der Waals surface area contributed by atoms with Crippen LogP contribution in [0.1, 0.15) is 24.2 Å². The summed E-state index contributed by atoms with van der Waals surface area (Å²) in [5, 5.41) is 20.8. The lowest BCUT2D eigenvalue weighted by atomic mass is 10.1. The van der Waals surface area contributed by atoms with E-state index in [0.29, 0.717) is 24.4 Å². The normalized spacial score (nSPS) is 17.8. The summed E-state index contributed by atoms with van der Waals surface area (Å²) in [6.45, 7) is 2.81. The number of rotatable bonds is 3. The highest BCUT2D eigenvalue weighted by Crippen LogP contribution is 2.36. The maximum atomic E-state index is 9.94. The molecule has 0 aromatic heterocycles. The Morgan fingerprint density at radius 3 is 2.64 bits per heavy atom. The Morgan fingerprint density at radius 2 is 1.92 bits per heavy atom. The quantitative estimate of drug-likeness (QED) is 0.635. The molecule has 132 valence electrons. The molecular formula is C19H24N4O2. The van der Waals surface area contributed by atoms with Crippen molar-refractivity contribution in [2.24, 2.45) is 11.6 Å². The van der Waals surface area contributed by atoms with Crippen LogP contribution in [0, 0.1) is 0 Å². The van der Waals surface area contributed by atoms with Crippen molar-refractivity contribution in [3.63, 3.8) is 0 Å². The first kappa shape index (κ1) is 17.3. The van der Waals surface area contributed by atoms with Crippen LogP contribution >= 0.6 is 0 Å². The van der Waals surface area contributed by atoms with Crippen molar-refractivity contribution in [3.05, 3.63) is 65.4 Å². The van der Waals surface area contributed by atoms with Gasteiger partial charge in [-0.15, -0.1) is 0 Å². The molecule has 0 spiro atoms. The molecule has 6 N–H and O–H groups in total. The number of nitrogens with zero attached hydrogens (tertiary/aromatic N) is 2. The molecule has 0 bridgehead atoms. The molecule has 1 heterocycles. The largest absolute Gasteiger partial charge is 0.401 e. The van der Waals surface area contributed by atoms with Crippen LogP contribution in [0.2, 0.25) is 0 Å². The molecule has 0 aliphatic carbocycles. The number of benzene rings is 2. The predicted molar refractivity (Wildman–Crippen MR) is 99.6 cm³/mol. The van der Waals surface area contributed by atoms with E-state index in [1.165, 1.54) is 0 Å². The molecule has 1 aliphatic heterocycles. The van der Waals surface area contributed by atoms with Gasteiger partial charge in [0.1, 0.15) is 6.10 Å². The molecule has 0 fully saturated rings. The highest BCUT2D eigenvalue weighted by molar-refractivity contribution is 5.81. The van der Waals surface area contributed by atoms with Gasteiger partial charge in [-0.25, -0.2) is 5.84 Å². The smallest absolute Gasteiger partial charge is 0.102 e. The van der Waals surface area contributed by atoms with Crippen LogP contribution in [0.5, 0.6) is 0 Å². The first-order valence-electron chi connectivity index (χ1n) is 8.27. The van der Waals surface area contributed by atoms with Crippen LogP contribution in [0.3, 0.4) is 0 Å². The molecular weight excluding hydrogens is 316 g/mol. The number of fused-ring (bicyclic) bond motifs is 1. The Hall–Kier alpha value is -2.54. The van der Waals surface area contributed by atoms with Crippen molar-refractivity contribution in [2.75, 3.05) is 24.6 Å². The topological polar surface area (TPSA) is 99.0 Å². The molecule has 0 amide bonds. The number of para-hydroxylation sites is 1. The van der Waals surface area contributed by atoms with Crippen LogP contribution in [-0.2, 0) is 0 Å². The first-order chi connectivity index (χ1) is 12.0. The van der Waals surface area contributed by atoms with Crippen LogP contribution in [-0.4, -0.2) is 34.9 Å². The molecule has 1 unspecified atom stereocenters. The predicted octanol–water partition coefficient (Wildman–Crippen LogP) is 1.69. The van der Waals surface area contributed by atoms with Gasteiger partial charge in [0.25, 0.3) is 0 Å². The number of aliphatic hydroxyl groups is 2. The Labute approximate surface area is 147 Å². The maximum Gasteiger partial charge on any atom is 0.102 e. The van der Waals surface area contributed by atoms with E-state index in [4.69, 9.17) is 11.6 Å². The second-order valence-corrected chi connectivity index (χ2v) is 6.19. The van der Waals surface area contributed by atoms with Crippen molar-refractivity contribution >= 4 is 17.1 Å². The maximum absolute atomic E-state index is 9.94. The molecule has 1 atom stereocenters. The highest BCUT2D eigenvalue weighted by atomic mass is 16.3. The number of nitrogens with two attached hydrogens (primary N) is 2. The van der Waals surface area contributed by atoms with Crippen molar-refractivity contribution in [2.45, 2.75) is 13.0 Å². The molecule has 0 saturated carbocycles. The van der Waals surface area contributed by atoms with E-state index in [-0.39, 0.29) is 6.61 Å². The van der Waals surface area contributed by atoms with Gasteiger partial charge < -0.3 is 25.9 Å². The average molecular weight is 340 g/mol. The zero-order valence-electron chi connectivity index (χ0n) is 14.3. The third-order valence-corrected chi connectivity index (χ3v) is 4.41. The molecule has 2 aromatic rings. The van der Waals surface area contributed by atoms with E-state index < -0.39 is 6.10 Å². The van der Waals surface area contributed by atoms with Gasteiger partial charge in [-0.2, -0.15) is 0 Å². The van der Waals surface area contributed by atoms with Crippen LogP contribution in [0.4, 0.5) is 11.4 Å². The highest BCUT2D eigenvalue weighted by Gasteiger charge is 2.24. The Kier molecular flexibility index (Phi) is 4.94. The van der Waals surface area contributed by atoms with Gasteiger partial charge in [0.05, 0.1) is 24.5 Å².